The van der Waals surface area contributed by atoms with Crippen molar-refractivity contribution in [2.75, 3.05) is 13.2 Å². The average molecular weight is 276 g/mol. The van der Waals surface area contributed by atoms with Crippen LogP contribution in [0.4, 0.5) is 0 Å². The molecule has 1 heterocycles. The SMILES string of the molecule is CCC(CCO)CNS(=O)(=O)Cc1cc(C)on1. The number of aryl methyl sites for hydroxylation is 1. The summed E-state index contributed by atoms with van der Waals surface area (Å²) in [5.74, 6) is 0.565. The molecule has 2 N–H and O–H groups in total. The first-order valence-corrected chi connectivity index (χ1v) is 7.62. The van der Waals surface area contributed by atoms with E-state index in [9.17, 15) is 8.42 Å². The van der Waals surface area contributed by atoms with E-state index in [1.165, 1.54) is 0 Å². The molecule has 18 heavy (non-hydrogen) atoms. The summed E-state index contributed by atoms with van der Waals surface area (Å²) < 4.78 is 30.9. The Morgan fingerprint density at radius 3 is 2.78 bits per heavy atom. The van der Waals surface area contributed by atoms with Crippen LogP contribution in [0.5, 0.6) is 0 Å². The quantitative estimate of drug-likeness (QED) is 0.733. The smallest absolute Gasteiger partial charge is 0.217 e. The van der Waals surface area contributed by atoms with E-state index in [0.29, 0.717) is 24.4 Å². The molecule has 0 fully saturated rings. The predicted molar refractivity (Wildman–Crippen MR) is 67.4 cm³/mol. The molecule has 1 atom stereocenters. The molecule has 0 bridgehead atoms. The van der Waals surface area contributed by atoms with Crippen molar-refractivity contribution in [1.82, 2.24) is 9.88 Å². The molecule has 0 aliphatic heterocycles. The molecule has 0 aliphatic rings. The van der Waals surface area contributed by atoms with Gasteiger partial charge in [-0.25, -0.2) is 13.1 Å². The molecular formula is C11H20N2O4S. The molecule has 7 heteroatoms. The highest BCUT2D eigenvalue weighted by Gasteiger charge is 2.16. The zero-order valence-corrected chi connectivity index (χ0v) is 11.5. The van der Waals surface area contributed by atoms with Crippen molar-refractivity contribution in [3.8, 4) is 0 Å². The number of hydrogen-bond donors (Lipinski definition) is 2. The van der Waals surface area contributed by atoms with Crippen LogP contribution in [0.15, 0.2) is 10.6 Å². The van der Waals surface area contributed by atoms with Gasteiger partial charge in [0.05, 0.1) is 0 Å². The van der Waals surface area contributed by atoms with Crippen molar-refractivity contribution in [2.24, 2.45) is 5.92 Å². The summed E-state index contributed by atoms with van der Waals surface area (Å²) in [6, 6.07) is 1.60. The maximum absolute atomic E-state index is 11.8. The third kappa shape index (κ3) is 5.16. The summed E-state index contributed by atoms with van der Waals surface area (Å²) >= 11 is 0. The van der Waals surface area contributed by atoms with E-state index < -0.39 is 10.0 Å². The number of nitrogens with one attached hydrogen (secondary N) is 1. The summed E-state index contributed by atoms with van der Waals surface area (Å²) in [7, 11) is -3.40. The van der Waals surface area contributed by atoms with Crippen LogP contribution in [0, 0.1) is 12.8 Å². The Morgan fingerprint density at radius 1 is 1.56 bits per heavy atom. The maximum Gasteiger partial charge on any atom is 0.217 e. The lowest BCUT2D eigenvalue weighted by Gasteiger charge is -2.13. The molecule has 6 nitrogen and oxygen atoms in total. The number of aliphatic hydroxyl groups is 1. The van der Waals surface area contributed by atoms with Gasteiger partial charge in [0.15, 0.2) is 0 Å². The Labute approximate surface area is 107 Å². The largest absolute Gasteiger partial charge is 0.396 e. The van der Waals surface area contributed by atoms with Crippen LogP contribution in [0.2, 0.25) is 0 Å². The van der Waals surface area contributed by atoms with Gasteiger partial charge >= 0.3 is 0 Å². The van der Waals surface area contributed by atoms with Gasteiger partial charge in [-0.3, -0.25) is 0 Å². The van der Waals surface area contributed by atoms with E-state index in [2.05, 4.69) is 9.88 Å². The second kappa shape index (κ2) is 6.86. The molecule has 1 rings (SSSR count). The van der Waals surface area contributed by atoms with E-state index in [1.54, 1.807) is 13.0 Å². The molecule has 0 saturated carbocycles. The highest BCUT2D eigenvalue weighted by Crippen LogP contribution is 2.09. The number of nitrogens with zero attached hydrogens (tertiary/aromatic N) is 1. The summed E-state index contributed by atoms with van der Waals surface area (Å²) in [6.07, 6.45) is 1.42. The fourth-order valence-corrected chi connectivity index (χ4v) is 2.73. The number of aromatic nitrogens is 1. The normalized spacial score (nSPS) is 13.7. The Bertz CT molecular complexity index is 455. The Morgan fingerprint density at radius 2 is 2.28 bits per heavy atom. The first kappa shape index (κ1) is 15.1. The number of hydrogen-bond acceptors (Lipinski definition) is 5. The maximum atomic E-state index is 11.8. The fraction of sp³-hybridized carbons (Fsp3) is 0.727. The van der Waals surface area contributed by atoms with Crippen molar-refractivity contribution in [3.63, 3.8) is 0 Å². The molecule has 1 aromatic rings. The Kier molecular flexibility index (Phi) is 5.77. The van der Waals surface area contributed by atoms with Crippen LogP contribution in [-0.4, -0.2) is 31.8 Å². The molecule has 0 aromatic carbocycles. The van der Waals surface area contributed by atoms with Crippen LogP contribution >= 0.6 is 0 Å². The summed E-state index contributed by atoms with van der Waals surface area (Å²) in [4.78, 5) is 0. The minimum Gasteiger partial charge on any atom is -0.396 e. The molecule has 104 valence electrons. The molecule has 0 radical (unpaired) electrons. The minimum absolute atomic E-state index is 0.0721. The van der Waals surface area contributed by atoms with Gasteiger partial charge in [0.2, 0.25) is 10.0 Å². The lowest BCUT2D eigenvalue weighted by atomic mass is 10.0. The number of rotatable bonds is 8. The van der Waals surface area contributed by atoms with Gasteiger partial charge in [0, 0.05) is 19.2 Å². The van der Waals surface area contributed by atoms with Gasteiger partial charge in [-0.15, -0.1) is 0 Å². The standard InChI is InChI=1S/C11H20N2O4S/c1-3-10(4-5-14)7-12-18(15,16)8-11-6-9(2)17-13-11/h6,10,12,14H,3-5,7-8H2,1-2H3. The lowest BCUT2D eigenvalue weighted by molar-refractivity contribution is 0.254. The van der Waals surface area contributed by atoms with Crippen molar-refractivity contribution in [1.29, 1.82) is 0 Å². The van der Waals surface area contributed by atoms with Crippen molar-refractivity contribution in [2.45, 2.75) is 32.4 Å². The highest BCUT2D eigenvalue weighted by atomic mass is 32.2. The molecule has 0 spiro atoms. The molecular weight excluding hydrogens is 256 g/mol. The van der Waals surface area contributed by atoms with Crippen molar-refractivity contribution in [3.05, 3.63) is 17.5 Å². The van der Waals surface area contributed by atoms with E-state index in [1.807, 2.05) is 6.92 Å². The first-order valence-electron chi connectivity index (χ1n) is 5.97. The van der Waals surface area contributed by atoms with E-state index in [-0.39, 0.29) is 18.3 Å². The zero-order valence-electron chi connectivity index (χ0n) is 10.7. The average Bonchev–Trinajstić information content (AvgIpc) is 2.69. The Hall–Kier alpha value is -0.920. The van der Waals surface area contributed by atoms with Gasteiger partial charge in [-0.05, 0) is 19.3 Å². The van der Waals surface area contributed by atoms with Gasteiger partial charge in [0.1, 0.15) is 17.2 Å². The van der Waals surface area contributed by atoms with Crippen LogP contribution in [0.25, 0.3) is 0 Å². The highest BCUT2D eigenvalue weighted by molar-refractivity contribution is 7.88. The van der Waals surface area contributed by atoms with Gasteiger partial charge in [0.25, 0.3) is 0 Å². The second-order valence-corrected chi connectivity index (χ2v) is 6.13. The number of aliphatic hydroxyl groups excluding tert-OH is 1. The lowest BCUT2D eigenvalue weighted by Crippen LogP contribution is -2.30. The summed E-state index contributed by atoms with van der Waals surface area (Å²) in [5, 5.41) is 12.5. The fourth-order valence-electron chi connectivity index (χ4n) is 1.61. The molecule has 1 aromatic heterocycles. The molecule has 1 unspecified atom stereocenters. The predicted octanol–water partition coefficient (Wildman–Crippen LogP) is 0.811. The molecule has 0 aliphatic carbocycles. The first-order chi connectivity index (χ1) is 8.46. The van der Waals surface area contributed by atoms with Crippen LogP contribution < -0.4 is 4.72 Å². The summed E-state index contributed by atoms with van der Waals surface area (Å²) in [5.41, 5.74) is 0.398. The van der Waals surface area contributed by atoms with E-state index in [4.69, 9.17) is 9.63 Å². The zero-order chi connectivity index (χ0) is 13.6. The van der Waals surface area contributed by atoms with Gasteiger partial charge < -0.3 is 9.63 Å². The third-order valence-electron chi connectivity index (χ3n) is 2.72. The third-order valence-corrected chi connectivity index (χ3v) is 4.00. The monoisotopic (exact) mass is 276 g/mol. The van der Waals surface area contributed by atoms with Crippen molar-refractivity contribution >= 4 is 10.0 Å². The minimum atomic E-state index is -3.40. The van der Waals surface area contributed by atoms with E-state index in [0.717, 1.165) is 6.42 Å². The van der Waals surface area contributed by atoms with E-state index >= 15 is 0 Å². The number of sulfonamides is 1. The topological polar surface area (TPSA) is 92.4 Å². The Balaban J connectivity index is 2.49. The van der Waals surface area contributed by atoms with Gasteiger partial charge in [-0.2, -0.15) is 0 Å². The van der Waals surface area contributed by atoms with Crippen LogP contribution in [0.1, 0.15) is 31.2 Å². The molecule has 0 amide bonds. The molecule has 0 saturated heterocycles. The van der Waals surface area contributed by atoms with Crippen LogP contribution in [0.3, 0.4) is 0 Å². The van der Waals surface area contributed by atoms with Crippen molar-refractivity contribution < 1.29 is 18.0 Å². The van der Waals surface area contributed by atoms with Gasteiger partial charge in [-0.1, -0.05) is 18.5 Å². The van der Waals surface area contributed by atoms with Crippen LogP contribution in [-0.2, 0) is 15.8 Å². The summed E-state index contributed by atoms with van der Waals surface area (Å²) in [6.45, 7) is 4.10. The second-order valence-electron chi connectivity index (χ2n) is 4.32.